The summed E-state index contributed by atoms with van der Waals surface area (Å²) in [6.45, 7) is 4.81. The van der Waals surface area contributed by atoms with Crippen LogP contribution >= 0.6 is 11.3 Å². The number of rotatable bonds is 9. The van der Waals surface area contributed by atoms with Crippen molar-refractivity contribution in [3.63, 3.8) is 0 Å². The SMILES string of the molecule is CC[C@@H](C)N(CC(=O)N1CCc2sccc2[C@H]1COc1cccc(F)c1)C(=O)Cc1ccccc1. The van der Waals surface area contributed by atoms with Crippen LogP contribution in [0.4, 0.5) is 4.39 Å². The van der Waals surface area contributed by atoms with E-state index in [9.17, 15) is 14.0 Å². The standard InChI is InChI=1S/C28H31FN2O3S/c1-3-20(2)31(27(32)16-21-8-5-4-6-9-21)18-28(33)30-14-12-26-24(13-15-35-26)25(30)19-34-23-11-7-10-22(29)17-23/h4-11,13,15,17,20,25H,3,12,14,16,18-19H2,1-2H3/t20-,25-/m1/s1. The first-order valence-electron chi connectivity index (χ1n) is 12.0. The third-order valence-corrected chi connectivity index (χ3v) is 7.56. The van der Waals surface area contributed by atoms with Crippen molar-refractivity contribution < 1.29 is 18.7 Å². The van der Waals surface area contributed by atoms with Crippen LogP contribution in [-0.2, 0) is 22.4 Å². The van der Waals surface area contributed by atoms with Gasteiger partial charge in [-0.25, -0.2) is 4.39 Å². The fraction of sp³-hybridized carbons (Fsp3) is 0.357. The number of carbonyl (C=O) groups excluding carboxylic acids is 2. The fourth-order valence-electron chi connectivity index (χ4n) is 4.43. The molecule has 35 heavy (non-hydrogen) atoms. The first kappa shape index (κ1) is 24.9. The van der Waals surface area contributed by atoms with Gasteiger partial charge in [0.1, 0.15) is 24.7 Å². The number of carbonyl (C=O) groups is 2. The van der Waals surface area contributed by atoms with E-state index in [2.05, 4.69) is 0 Å². The Hall–Kier alpha value is -3.19. The van der Waals surface area contributed by atoms with Crippen LogP contribution in [0.5, 0.6) is 5.75 Å². The largest absolute Gasteiger partial charge is 0.491 e. The van der Waals surface area contributed by atoms with E-state index in [1.165, 1.54) is 17.0 Å². The summed E-state index contributed by atoms with van der Waals surface area (Å²) >= 11 is 1.68. The highest BCUT2D eigenvalue weighted by Gasteiger charge is 2.34. The molecule has 0 saturated carbocycles. The second-order valence-corrected chi connectivity index (χ2v) is 9.86. The van der Waals surface area contributed by atoms with E-state index >= 15 is 0 Å². The van der Waals surface area contributed by atoms with Crippen molar-refractivity contribution in [2.75, 3.05) is 19.7 Å². The molecule has 0 saturated heterocycles. The van der Waals surface area contributed by atoms with Crippen molar-refractivity contribution >= 4 is 23.2 Å². The van der Waals surface area contributed by atoms with Gasteiger partial charge in [-0.05, 0) is 54.5 Å². The van der Waals surface area contributed by atoms with Gasteiger partial charge in [0.05, 0.1) is 12.5 Å². The van der Waals surface area contributed by atoms with Crippen LogP contribution in [0.25, 0.3) is 0 Å². The lowest BCUT2D eigenvalue weighted by Crippen LogP contribution is -2.50. The molecular formula is C28H31FN2O3S. The van der Waals surface area contributed by atoms with Crippen LogP contribution in [0.1, 0.15) is 42.3 Å². The highest BCUT2D eigenvalue weighted by molar-refractivity contribution is 7.10. The first-order valence-corrected chi connectivity index (χ1v) is 12.9. The van der Waals surface area contributed by atoms with Gasteiger partial charge in [0, 0.05) is 23.5 Å². The van der Waals surface area contributed by atoms with E-state index in [4.69, 9.17) is 4.74 Å². The minimum atomic E-state index is -0.364. The van der Waals surface area contributed by atoms with Gasteiger partial charge in [-0.1, -0.05) is 43.3 Å². The lowest BCUT2D eigenvalue weighted by Gasteiger charge is -2.38. The summed E-state index contributed by atoms with van der Waals surface area (Å²) in [5.74, 6) is -0.0912. The van der Waals surface area contributed by atoms with Crippen LogP contribution in [0.2, 0.25) is 0 Å². The topological polar surface area (TPSA) is 49.9 Å². The molecule has 0 unspecified atom stereocenters. The summed E-state index contributed by atoms with van der Waals surface area (Å²) in [7, 11) is 0. The van der Waals surface area contributed by atoms with E-state index in [1.807, 2.05) is 60.5 Å². The van der Waals surface area contributed by atoms with Crippen LogP contribution in [0.15, 0.2) is 66.0 Å². The van der Waals surface area contributed by atoms with E-state index in [0.717, 1.165) is 24.0 Å². The molecule has 1 aliphatic heterocycles. The minimum absolute atomic E-state index is 0.0244. The molecule has 0 radical (unpaired) electrons. The van der Waals surface area contributed by atoms with Crippen LogP contribution in [-0.4, -0.2) is 47.4 Å². The lowest BCUT2D eigenvalue weighted by atomic mass is 10.00. The second-order valence-electron chi connectivity index (χ2n) is 8.86. The number of amides is 2. The third kappa shape index (κ3) is 6.09. The van der Waals surface area contributed by atoms with Gasteiger partial charge in [0.2, 0.25) is 11.8 Å². The number of ether oxygens (including phenoxy) is 1. The minimum Gasteiger partial charge on any atom is -0.491 e. The maximum atomic E-state index is 13.6. The lowest BCUT2D eigenvalue weighted by molar-refractivity contribution is -0.144. The Kier molecular flexibility index (Phi) is 8.18. The Labute approximate surface area is 210 Å². The quantitative estimate of drug-likeness (QED) is 0.408. The molecule has 3 aromatic rings. The van der Waals surface area contributed by atoms with Gasteiger partial charge in [-0.3, -0.25) is 9.59 Å². The average molecular weight is 495 g/mol. The zero-order valence-corrected chi connectivity index (χ0v) is 21.0. The van der Waals surface area contributed by atoms with E-state index in [-0.39, 0.29) is 49.3 Å². The number of hydrogen-bond donors (Lipinski definition) is 0. The Morgan fingerprint density at radius 1 is 1.17 bits per heavy atom. The number of hydrogen-bond acceptors (Lipinski definition) is 4. The smallest absolute Gasteiger partial charge is 0.242 e. The van der Waals surface area contributed by atoms with Gasteiger partial charge < -0.3 is 14.5 Å². The Balaban J connectivity index is 1.51. The normalized spacial score (nSPS) is 15.9. The van der Waals surface area contributed by atoms with Crippen molar-refractivity contribution in [1.82, 2.24) is 9.80 Å². The highest BCUT2D eigenvalue weighted by Crippen LogP contribution is 2.34. The Morgan fingerprint density at radius 2 is 1.97 bits per heavy atom. The van der Waals surface area contributed by atoms with Crippen molar-refractivity contribution in [2.24, 2.45) is 0 Å². The number of halogens is 1. The Morgan fingerprint density at radius 3 is 2.71 bits per heavy atom. The number of benzene rings is 2. The molecule has 2 aromatic carbocycles. The van der Waals surface area contributed by atoms with Gasteiger partial charge in [-0.15, -0.1) is 11.3 Å². The molecule has 4 rings (SSSR count). The summed E-state index contributed by atoms with van der Waals surface area (Å²) in [5.41, 5.74) is 2.00. The van der Waals surface area contributed by atoms with Crippen LogP contribution < -0.4 is 4.74 Å². The fourth-order valence-corrected chi connectivity index (χ4v) is 5.35. The molecule has 0 spiro atoms. The number of thiophene rings is 1. The maximum Gasteiger partial charge on any atom is 0.242 e. The predicted molar refractivity (Wildman–Crippen MR) is 136 cm³/mol. The van der Waals surface area contributed by atoms with Gasteiger partial charge in [-0.2, -0.15) is 0 Å². The monoisotopic (exact) mass is 494 g/mol. The van der Waals surface area contributed by atoms with Crippen molar-refractivity contribution in [3.8, 4) is 5.75 Å². The zero-order valence-electron chi connectivity index (χ0n) is 20.2. The molecule has 2 amide bonds. The average Bonchev–Trinajstić information content (AvgIpc) is 3.35. The van der Waals surface area contributed by atoms with Crippen molar-refractivity contribution in [2.45, 2.75) is 45.2 Å². The molecule has 0 fully saturated rings. The zero-order chi connectivity index (χ0) is 24.8. The van der Waals surface area contributed by atoms with Gasteiger partial charge >= 0.3 is 0 Å². The summed E-state index contributed by atoms with van der Waals surface area (Å²) < 4.78 is 19.6. The van der Waals surface area contributed by atoms with Gasteiger partial charge in [0.15, 0.2) is 0 Å². The molecule has 5 nitrogen and oxygen atoms in total. The summed E-state index contributed by atoms with van der Waals surface area (Å²) in [5, 5.41) is 2.03. The van der Waals surface area contributed by atoms with Crippen molar-refractivity contribution in [1.29, 1.82) is 0 Å². The summed E-state index contributed by atoms with van der Waals surface area (Å²) in [4.78, 5) is 31.6. The molecule has 0 N–H and O–H groups in total. The molecule has 1 aromatic heterocycles. The van der Waals surface area contributed by atoms with Crippen LogP contribution in [0, 0.1) is 5.82 Å². The predicted octanol–water partition coefficient (Wildman–Crippen LogP) is 5.26. The van der Waals surface area contributed by atoms with Gasteiger partial charge in [0.25, 0.3) is 0 Å². The molecule has 184 valence electrons. The molecule has 7 heteroatoms. The highest BCUT2D eigenvalue weighted by atomic mass is 32.1. The molecule has 0 aliphatic carbocycles. The summed E-state index contributed by atoms with van der Waals surface area (Å²) in [6, 6.07) is 17.3. The molecule has 2 atom stereocenters. The number of nitrogens with zero attached hydrogens (tertiary/aromatic N) is 2. The number of fused-ring (bicyclic) bond motifs is 1. The Bertz CT molecular complexity index is 1150. The third-order valence-electron chi connectivity index (χ3n) is 6.57. The maximum absolute atomic E-state index is 13.6. The van der Waals surface area contributed by atoms with E-state index in [1.54, 1.807) is 28.4 Å². The molecular weight excluding hydrogens is 463 g/mol. The molecule has 0 bridgehead atoms. The van der Waals surface area contributed by atoms with Crippen molar-refractivity contribution in [3.05, 3.63) is 87.9 Å². The summed E-state index contributed by atoms with van der Waals surface area (Å²) in [6.07, 6.45) is 1.80. The van der Waals surface area contributed by atoms with E-state index in [0.29, 0.717) is 12.3 Å². The molecule has 2 heterocycles. The molecule has 1 aliphatic rings. The first-order chi connectivity index (χ1) is 17.0. The second kappa shape index (κ2) is 11.5. The van der Waals surface area contributed by atoms with E-state index < -0.39 is 0 Å². The van der Waals surface area contributed by atoms with Crippen LogP contribution in [0.3, 0.4) is 0 Å².